The molecule has 3 rings (SSSR count). The summed E-state index contributed by atoms with van der Waals surface area (Å²) in [5.41, 5.74) is 0.410. The Hall–Kier alpha value is -1.58. The molecular formula is C14H17N5S. The summed E-state index contributed by atoms with van der Waals surface area (Å²) in [5.74, 6) is 1.18. The van der Waals surface area contributed by atoms with Gasteiger partial charge in [0.15, 0.2) is 10.8 Å². The van der Waals surface area contributed by atoms with Crippen LogP contribution in [0.1, 0.15) is 19.8 Å². The largest absolute Gasteiger partial charge is 0.299 e. The summed E-state index contributed by atoms with van der Waals surface area (Å²) in [6.45, 7) is 2.86. The molecule has 0 aromatic carbocycles. The Morgan fingerprint density at radius 1 is 1.50 bits per heavy atom. The Balaban J connectivity index is 1.79. The van der Waals surface area contributed by atoms with Crippen LogP contribution < -0.4 is 5.32 Å². The van der Waals surface area contributed by atoms with Gasteiger partial charge in [-0.1, -0.05) is 24.8 Å². The quantitative estimate of drug-likeness (QED) is 0.824. The maximum atomic E-state index is 9.59. The SMILES string of the molecule is CCNC(C#N)(CSc1nnc2ccccn12)C1CC1. The standard InChI is InChI=1S/C14H17N5S/c1-2-16-14(9-15,11-6-7-11)10-20-13-18-17-12-5-3-4-8-19(12)13/h3-5,8,11,16H,2,6-7,10H2,1H3. The molecule has 2 heterocycles. The van der Waals surface area contributed by atoms with Gasteiger partial charge in [0.2, 0.25) is 0 Å². The van der Waals surface area contributed by atoms with Gasteiger partial charge in [0.25, 0.3) is 0 Å². The molecule has 1 aliphatic rings. The van der Waals surface area contributed by atoms with E-state index in [1.807, 2.05) is 35.7 Å². The molecule has 0 spiro atoms. The molecule has 1 aliphatic carbocycles. The van der Waals surface area contributed by atoms with Crippen LogP contribution in [-0.4, -0.2) is 32.4 Å². The van der Waals surface area contributed by atoms with Gasteiger partial charge in [0.05, 0.1) is 6.07 Å². The van der Waals surface area contributed by atoms with E-state index in [9.17, 15) is 5.26 Å². The Bertz CT molecular complexity index is 642. The van der Waals surface area contributed by atoms with Crippen LogP contribution in [0.15, 0.2) is 29.6 Å². The van der Waals surface area contributed by atoms with Gasteiger partial charge in [0, 0.05) is 11.9 Å². The Morgan fingerprint density at radius 3 is 3.05 bits per heavy atom. The highest BCUT2D eigenvalue weighted by Gasteiger charge is 2.45. The van der Waals surface area contributed by atoms with Crippen molar-refractivity contribution in [3.8, 4) is 6.07 Å². The minimum absolute atomic E-state index is 0.431. The summed E-state index contributed by atoms with van der Waals surface area (Å²) in [6.07, 6.45) is 4.24. The van der Waals surface area contributed by atoms with E-state index in [2.05, 4.69) is 21.6 Å². The van der Waals surface area contributed by atoms with Crippen molar-refractivity contribution in [3.63, 3.8) is 0 Å². The molecule has 6 heteroatoms. The third kappa shape index (κ3) is 2.39. The lowest BCUT2D eigenvalue weighted by Crippen LogP contribution is -2.48. The summed E-state index contributed by atoms with van der Waals surface area (Å²) < 4.78 is 1.96. The van der Waals surface area contributed by atoms with Crippen molar-refractivity contribution in [2.75, 3.05) is 12.3 Å². The molecule has 104 valence electrons. The van der Waals surface area contributed by atoms with E-state index in [4.69, 9.17) is 0 Å². The van der Waals surface area contributed by atoms with E-state index in [-0.39, 0.29) is 0 Å². The Labute approximate surface area is 122 Å². The van der Waals surface area contributed by atoms with Gasteiger partial charge in [-0.05, 0) is 37.4 Å². The molecule has 2 aromatic heterocycles. The number of pyridine rings is 1. The van der Waals surface area contributed by atoms with Crippen LogP contribution in [0.5, 0.6) is 0 Å². The number of aromatic nitrogens is 3. The van der Waals surface area contributed by atoms with Gasteiger partial charge in [0.1, 0.15) is 5.54 Å². The van der Waals surface area contributed by atoms with E-state index < -0.39 is 5.54 Å². The molecule has 1 atom stereocenters. The zero-order chi connectivity index (χ0) is 14.0. The van der Waals surface area contributed by atoms with Gasteiger partial charge < -0.3 is 0 Å². The van der Waals surface area contributed by atoms with Crippen molar-refractivity contribution in [2.45, 2.75) is 30.5 Å². The molecule has 1 N–H and O–H groups in total. The minimum atomic E-state index is -0.431. The lowest BCUT2D eigenvalue weighted by Gasteiger charge is -2.26. The maximum Gasteiger partial charge on any atom is 0.195 e. The smallest absolute Gasteiger partial charge is 0.195 e. The van der Waals surface area contributed by atoms with E-state index in [1.165, 1.54) is 0 Å². The second-order valence-corrected chi connectivity index (χ2v) is 6.03. The summed E-state index contributed by atoms with van der Waals surface area (Å²) >= 11 is 1.60. The molecule has 1 fully saturated rings. The van der Waals surface area contributed by atoms with Crippen LogP contribution in [0.3, 0.4) is 0 Å². The van der Waals surface area contributed by atoms with Gasteiger partial charge in [-0.3, -0.25) is 9.72 Å². The second-order valence-electron chi connectivity index (χ2n) is 5.09. The molecular weight excluding hydrogens is 270 g/mol. The van der Waals surface area contributed by atoms with Crippen LogP contribution in [-0.2, 0) is 0 Å². The van der Waals surface area contributed by atoms with Crippen LogP contribution >= 0.6 is 11.8 Å². The lowest BCUT2D eigenvalue weighted by atomic mass is 9.98. The third-order valence-corrected chi connectivity index (χ3v) is 4.81. The van der Waals surface area contributed by atoms with E-state index in [1.54, 1.807) is 11.8 Å². The Morgan fingerprint density at radius 2 is 2.35 bits per heavy atom. The predicted octanol–water partition coefficient (Wildman–Crippen LogP) is 2.10. The zero-order valence-electron chi connectivity index (χ0n) is 11.4. The molecule has 0 amide bonds. The van der Waals surface area contributed by atoms with Gasteiger partial charge in [-0.15, -0.1) is 10.2 Å². The summed E-state index contributed by atoms with van der Waals surface area (Å²) in [7, 11) is 0. The van der Waals surface area contributed by atoms with Gasteiger partial charge >= 0.3 is 0 Å². The molecule has 0 aliphatic heterocycles. The van der Waals surface area contributed by atoms with Crippen molar-refractivity contribution < 1.29 is 0 Å². The molecule has 20 heavy (non-hydrogen) atoms. The first-order valence-electron chi connectivity index (χ1n) is 6.88. The van der Waals surface area contributed by atoms with E-state index >= 15 is 0 Å². The lowest BCUT2D eigenvalue weighted by molar-refractivity contribution is 0.415. The van der Waals surface area contributed by atoms with Crippen molar-refractivity contribution in [1.29, 1.82) is 5.26 Å². The van der Waals surface area contributed by atoms with Crippen LogP contribution in [0.2, 0.25) is 0 Å². The monoisotopic (exact) mass is 287 g/mol. The summed E-state index contributed by atoms with van der Waals surface area (Å²) in [5, 5.41) is 22.2. The average molecular weight is 287 g/mol. The van der Waals surface area contributed by atoms with Crippen LogP contribution in [0, 0.1) is 17.2 Å². The first kappa shape index (κ1) is 13.4. The molecule has 1 saturated carbocycles. The molecule has 1 unspecified atom stereocenters. The predicted molar refractivity (Wildman–Crippen MR) is 78.5 cm³/mol. The summed E-state index contributed by atoms with van der Waals surface area (Å²) in [6, 6.07) is 8.34. The molecule has 0 saturated heterocycles. The van der Waals surface area contributed by atoms with Gasteiger partial charge in [-0.2, -0.15) is 5.26 Å². The number of thioether (sulfide) groups is 1. The van der Waals surface area contributed by atoms with Crippen molar-refractivity contribution in [1.82, 2.24) is 19.9 Å². The van der Waals surface area contributed by atoms with Crippen LogP contribution in [0.25, 0.3) is 5.65 Å². The third-order valence-electron chi connectivity index (χ3n) is 3.68. The fourth-order valence-electron chi connectivity index (χ4n) is 2.46. The first-order chi connectivity index (χ1) is 9.79. The van der Waals surface area contributed by atoms with Gasteiger partial charge in [-0.25, -0.2) is 0 Å². The fraction of sp³-hybridized carbons (Fsp3) is 0.500. The minimum Gasteiger partial charge on any atom is -0.299 e. The van der Waals surface area contributed by atoms with Crippen molar-refractivity contribution in [2.24, 2.45) is 5.92 Å². The zero-order valence-corrected chi connectivity index (χ0v) is 12.2. The highest BCUT2D eigenvalue weighted by molar-refractivity contribution is 7.99. The van der Waals surface area contributed by atoms with Crippen molar-refractivity contribution >= 4 is 17.4 Å². The summed E-state index contributed by atoms with van der Waals surface area (Å²) in [4.78, 5) is 0. The number of rotatable bonds is 6. The fourth-order valence-corrected chi connectivity index (χ4v) is 3.62. The number of hydrogen-bond donors (Lipinski definition) is 1. The average Bonchev–Trinajstić information content (AvgIpc) is 3.25. The second kappa shape index (κ2) is 5.43. The molecule has 5 nitrogen and oxygen atoms in total. The number of nitrogens with one attached hydrogen (secondary N) is 1. The number of fused-ring (bicyclic) bond motifs is 1. The van der Waals surface area contributed by atoms with E-state index in [0.29, 0.717) is 11.7 Å². The Kier molecular flexibility index (Phi) is 3.64. The normalized spacial score (nSPS) is 17.8. The molecule has 0 radical (unpaired) electrons. The molecule has 2 aromatic rings. The topological polar surface area (TPSA) is 66.0 Å². The highest BCUT2D eigenvalue weighted by atomic mass is 32.2. The molecule has 0 bridgehead atoms. The maximum absolute atomic E-state index is 9.59. The number of hydrogen-bond acceptors (Lipinski definition) is 5. The first-order valence-corrected chi connectivity index (χ1v) is 7.86. The van der Waals surface area contributed by atoms with E-state index in [0.717, 1.165) is 30.2 Å². The highest BCUT2D eigenvalue weighted by Crippen LogP contribution is 2.41. The number of nitrogens with zero attached hydrogens (tertiary/aromatic N) is 4. The van der Waals surface area contributed by atoms with Crippen molar-refractivity contribution in [3.05, 3.63) is 24.4 Å². The van der Waals surface area contributed by atoms with Crippen LogP contribution in [0.4, 0.5) is 0 Å². The number of nitriles is 1.